The Morgan fingerprint density at radius 3 is 3.00 bits per heavy atom. The second-order valence-electron chi connectivity index (χ2n) is 5.28. The van der Waals surface area contributed by atoms with E-state index in [1.54, 1.807) is 12.1 Å². The Labute approximate surface area is 118 Å². The van der Waals surface area contributed by atoms with Crippen LogP contribution >= 0.6 is 0 Å². The van der Waals surface area contributed by atoms with E-state index >= 15 is 0 Å². The molecule has 5 heteroatoms. The van der Waals surface area contributed by atoms with Crippen molar-refractivity contribution in [2.75, 3.05) is 6.54 Å². The van der Waals surface area contributed by atoms with Gasteiger partial charge in [0, 0.05) is 23.6 Å². The zero-order valence-electron chi connectivity index (χ0n) is 11.6. The van der Waals surface area contributed by atoms with Crippen molar-refractivity contribution in [3.8, 4) is 17.2 Å². The molecule has 1 aromatic carbocycles. The van der Waals surface area contributed by atoms with Gasteiger partial charge in [-0.2, -0.15) is 0 Å². The molecular formula is C15H19N3O2. The van der Waals surface area contributed by atoms with Crippen molar-refractivity contribution in [2.45, 2.75) is 38.6 Å². The summed E-state index contributed by atoms with van der Waals surface area (Å²) in [6.07, 6.45) is 4.39. The Kier molecular flexibility index (Phi) is 3.69. The highest BCUT2D eigenvalue weighted by Gasteiger charge is 2.19. The van der Waals surface area contributed by atoms with Gasteiger partial charge < -0.3 is 14.8 Å². The standard InChI is InChI=1S/C15H19N3O2/c1-10-12(4-2-5-13(10)19)15-18-17-14(20-15)6-3-9-16-11-7-8-11/h2,4-5,11,16,19H,3,6-9H2,1H3. The summed E-state index contributed by atoms with van der Waals surface area (Å²) >= 11 is 0. The molecular weight excluding hydrogens is 254 g/mol. The monoisotopic (exact) mass is 273 g/mol. The van der Waals surface area contributed by atoms with E-state index in [2.05, 4.69) is 15.5 Å². The quantitative estimate of drug-likeness (QED) is 0.791. The van der Waals surface area contributed by atoms with Crippen LogP contribution in [0.1, 0.15) is 30.7 Å². The van der Waals surface area contributed by atoms with E-state index in [0.29, 0.717) is 11.8 Å². The van der Waals surface area contributed by atoms with Gasteiger partial charge in [0.15, 0.2) is 0 Å². The van der Waals surface area contributed by atoms with Crippen molar-refractivity contribution in [3.63, 3.8) is 0 Å². The molecule has 1 heterocycles. The van der Waals surface area contributed by atoms with Crippen LogP contribution in [0.3, 0.4) is 0 Å². The summed E-state index contributed by atoms with van der Waals surface area (Å²) in [5, 5.41) is 21.3. The average Bonchev–Trinajstić information content (AvgIpc) is 3.15. The van der Waals surface area contributed by atoms with Crippen molar-refractivity contribution in [3.05, 3.63) is 29.7 Å². The van der Waals surface area contributed by atoms with E-state index in [4.69, 9.17) is 4.42 Å². The maximum atomic E-state index is 9.70. The molecule has 1 fully saturated rings. The maximum Gasteiger partial charge on any atom is 0.248 e. The number of rotatable bonds is 6. The average molecular weight is 273 g/mol. The van der Waals surface area contributed by atoms with Crippen LogP contribution in [0.4, 0.5) is 0 Å². The molecule has 0 amide bonds. The fourth-order valence-corrected chi connectivity index (χ4v) is 2.15. The molecule has 1 aliphatic carbocycles. The highest BCUT2D eigenvalue weighted by atomic mass is 16.4. The number of hydrogen-bond acceptors (Lipinski definition) is 5. The first-order valence-electron chi connectivity index (χ1n) is 7.09. The molecule has 2 N–H and O–H groups in total. The van der Waals surface area contributed by atoms with E-state index in [1.807, 2.05) is 13.0 Å². The molecule has 1 aromatic heterocycles. The predicted octanol–water partition coefficient (Wildman–Crippen LogP) is 2.44. The van der Waals surface area contributed by atoms with Crippen LogP contribution in [0, 0.1) is 6.92 Å². The fourth-order valence-electron chi connectivity index (χ4n) is 2.15. The highest BCUT2D eigenvalue weighted by molar-refractivity contribution is 5.61. The molecule has 0 bridgehead atoms. The first-order chi connectivity index (χ1) is 9.74. The molecule has 0 saturated heterocycles. The lowest BCUT2D eigenvalue weighted by atomic mass is 10.1. The smallest absolute Gasteiger partial charge is 0.248 e. The minimum absolute atomic E-state index is 0.246. The van der Waals surface area contributed by atoms with Crippen molar-refractivity contribution < 1.29 is 9.52 Å². The van der Waals surface area contributed by atoms with Crippen LogP contribution in [-0.4, -0.2) is 27.9 Å². The van der Waals surface area contributed by atoms with E-state index < -0.39 is 0 Å². The largest absolute Gasteiger partial charge is 0.508 e. The number of aromatic nitrogens is 2. The predicted molar refractivity (Wildman–Crippen MR) is 75.5 cm³/mol. The van der Waals surface area contributed by atoms with E-state index in [0.717, 1.165) is 36.6 Å². The van der Waals surface area contributed by atoms with Crippen LogP contribution in [-0.2, 0) is 6.42 Å². The Bertz CT molecular complexity index is 591. The Morgan fingerprint density at radius 1 is 1.35 bits per heavy atom. The van der Waals surface area contributed by atoms with Crippen molar-refractivity contribution >= 4 is 0 Å². The van der Waals surface area contributed by atoms with E-state index in [1.165, 1.54) is 12.8 Å². The summed E-state index contributed by atoms with van der Waals surface area (Å²) in [4.78, 5) is 0. The number of nitrogens with one attached hydrogen (secondary N) is 1. The summed E-state index contributed by atoms with van der Waals surface area (Å²) in [6.45, 7) is 2.83. The lowest BCUT2D eigenvalue weighted by Crippen LogP contribution is -2.17. The first kappa shape index (κ1) is 13.1. The van der Waals surface area contributed by atoms with E-state index in [-0.39, 0.29) is 5.75 Å². The molecule has 20 heavy (non-hydrogen) atoms. The van der Waals surface area contributed by atoms with Gasteiger partial charge in [-0.1, -0.05) is 6.07 Å². The van der Waals surface area contributed by atoms with Gasteiger partial charge in [0.05, 0.1) is 0 Å². The molecule has 0 radical (unpaired) electrons. The maximum absolute atomic E-state index is 9.70. The normalized spacial score (nSPS) is 14.7. The zero-order valence-corrected chi connectivity index (χ0v) is 11.6. The lowest BCUT2D eigenvalue weighted by Gasteiger charge is -2.02. The highest BCUT2D eigenvalue weighted by Crippen LogP contribution is 2.28. The molecule has 1 aliphatic rings. The molecule has 3 rings (SSSR count). The first-order valence-corrected chi connectivity index (χ1v) is 7.09. The Balaban J connectivity index is 1.62. The van der Waals surface area contributed by atoms with Crippen LogP contribution in [0.15, 0.2) is 22.6 Å². The van der Waals surface area contributed by atoms with Gasteiger partial charge in [-0.15, -0.1) is 10.2 Å². The fraction of sp³-hybridized carbons (Fsp3) is 0.467. The third kappa shape index (κ3) is 2.99. The summed E-state index contributed by atoms with van der Waals surface area (Å²) in [6, 6.07) is 6.05. The number of phenolic OH excluding ortho intramolecular Hbond substituents is 1. The van der Waals surface area contributed by atoms with Gasteiger partial charge in [-0.05, 0) is 44.9 Å². The zero-order chi connectivity index (χ0) is 13.9. The molecule has 5 nitrogen and oxygen atoms in total. The molecule has 106 valence electrons. The number of aryl methyl sites for hydroxylation is 1. The van der Waals surface area contributed by atoms with Gasteiger partial charge in [0.1, 0.15) is 5.75 Å². The van der Waals surface area contributed by atoms with Crippen molar-refractivity contribution in [1.82, 2.24) is 15.5 Å². The van der Waals surface area contributed by atoms with Gasteiger partial charge in [-0.3, -0.25) is 0 Å². The van der Waals surface area contributed by atoms with Crippen molar-refractivity contribution in [1.29, 1.82) is 0 Å². The van der Waals surface area contributed by atoms with Gasteiger partial charge >= 0.3 is 0 Å². The summed E-state index contributed by atoms with van der Waals surface area (Å²) in [7, 11) is 0. The minimum Gasteiger partial charge on any atom is -0.508 e. The van der Waals surface area contributed by atoms with Crippen LogP contribution in [0.5, 0.6) is 5.75 Å². The molecule has 0 spiro atoms. The topological polar surface area (TPSA) is 71.2 Å². The molecule has 2 aromatic rings. The van der Waals surface area contributed by atoms with Gasteiger partial charge in [-0.25, -0.2) is 0 Å². The molecule has 1 saturated carbocycles. The number of hydrogen-bond donors (Lipinski definition) is 2. The van der Waals surface area contributed by atoms with E-state index in [9.17, 15) is 5.11 Å². The van der Waals surface area contributed by atoms with Gasteiger partial charge in [0.2, 0.25) is 11.8 Å². The number of nitrogens with zero attached hydrogens (tertiary/aromatic N) is 2. The van der Waals surface area contributed by atoms with Crippen LogP contribution in [0.2, 0.25) is 0 Å². The lowest BCUT2D eigenvalue weighted by molar-refractivity contribution is 0.469. The van der Waals surface area contributed by atoms with Crippen molar-refractivity contribution in [2.24, 2.45) is 0 Å². The number of aromatic hydroxyl groups is 1. The summed E-state index contributed by atoms with van der Waals surface area (Å²) in [5.74, 6) is 1.37. The Hall–Kier alpha value is -1.88. The number of phenols is 1. The molecule has 0 unspecified atom stereocenters. The van der Waals surface area contributed by atoms with Crippen LogP contribution < -0.4 is 5.32 Å². The molecule has 0 atom stereocenters. The third-order valence-electron chi connectivity index (χ3n) is 3.58. The number of benzene rings is 1. The second kappa shape index (κ2) is 5.63. The second-order valence-corrected chi connectivity index (χ2v) is 5.28. The summed E-state index contributed by atoms with van der Waals surface area (Å²) in [5.41, 5.74) is 1.55. The Morgan fingerprint density at radius 2 is 2.20 bits per heavy atom. The summed E-state index contributed by atoms with van der Waals surface area (Å²) < 4.78 is 5.67. The minimum atomic E-state index is 0.246. The van der Waals surface area contributed by atoms with Crippen LogP contribution in [0.25, 0.3) is 11.5 Å². The van der Waals surface area contributed by atoms with Gasteiger partial charge in [0.25, 0.3) is 0 Å². The SMILES string of the molecule is Cc1c(O)cccc1-c1nnc(CCCNC2CC2)o1. The molecule has 0 aliphatic heterocycles. The third-order valence-corrected chi connectivity index (χ3v) is 3.58.